The lowest BCUT2D eigenvalue weighted by atomic mass is 10.1. The van der Waals surface area contributed by atoms with Crippen LogP contribution in [0.5, 0.6) is 0 Å². The smallest absolute Gasteiger partial charge is 0.251 e. The van der Waals surface area contributed by atoms with Gasteiger partial charge in [0.15, 0.2) is 0 Å². The van der Waals surface area contributed by atoms with Crippen molar-refractivity contribution in [1.29, 1.82) is 0 Å². The maximum atomic E-state index is 11.9. The molecule has 4 heteroatoms. The van der Waals surface area contributed by atoms with Gasteiger partial charge in [-0.2, -0.15) is 0 Å². The Morgan fingerprint density at radius 2 is 1.94 bits per heavy atom. The number of methoxy groups -OCH3 is 1. The summed E-state index contributed by atoms with van der Waals surface area (Å²) in [6, 6.07) is 7.31. The van der Waals surface area contributed by atoms with Crippen LogP contribution in [-0.2, 0) is 11.3 Å². The standard InChI is InChI=1S/C14H22N2O2/c1-10(2)13(18-3)9-16-14(17)12-6-4-11(8-15)5-7-12/h4-7,10,13H,8-9,15H2,1-3H3,(H,16,17). The second kappa shape index (κ2) is 7.13. The van der Waals surface area contributed by atoms with Crippen molar-refractivity contribution in [3.05, 3.63) is 35.4 Å². The zero-order chi connectivity index (χ0) is 13.5. The molecule has 1 amide bonds. The van der Waals surface area contributed by atoms with Crippen molar-refractivity contribution in [2.45, 2.75) is 26.5 Å². The van der Waals surface area contributed by atoms with E-state index in [0.29, 0.717) is 24.6 Å². The van der Waals surface area contributed by atoms with Gasteiger partial charge in [-0.05, 0) is 23.6 Å². The van der Waals surface area contributed by atoms with Crippen LogP contribution in [0, 0.1) is 5.92 Å². The highest BCUT2D eigenvalue weighted by atomic mass is 16.5. The predicted molar refractivity (Wildman–Crippen MR) is 72.3 cm³/mol. The molecule has 0 aliphatic heterocycles. The van der Waals surface area contributed by atoms with Crippen molar-refractivity contribution in [3.63, 3.8) is 0 Å². The van der Waals surface area contributed by atoms with E-state index in [2.05, 4.69) is 19.2 Å². The number of rotatable bonds is 6. The first-order valence-electron chi connectivity index (χ1n) is 6.18. The Bertz CT molecular complexity index is 374. The van der Waals surface area contributed by atoms with Crippen LogP contribution in [0.4, 0.5) is 0 Å². The molecule has 1 rings (SSSR count). The van der Waals surface area contributed by atoms with E-state index in [1.54, 1.807) is 19.2 Å². The topological polar surface area (TPSA) is 64.3 Å². The number of amides is 1. The molecule has 18 heavy (non-hydrogen) atoms. The fraction of sp³-hybridized carbons (Fsp3) is 0.500. The Balaban J connectivity index is 2.54. The van der Waals surface area contributed by atoms with E-state index in [1.165, 1.54) is 0 Å². The van der Waals surface area contributed by atoms with Gasteiger partial charge in [-0.25, -0.2) is 0 Å². The third kappa shape index (κ3) is 4.13. The van der Waals surface area contributed by atoms with Gasteiger partial charge in [-0.1, -0.05) is 26.0 Å². The molecule has 0 aliphatic rings. The van der Waals surface area contributed by atoms with Crippen LogP contribution in [0.2, 0.25) is 0 Å². The summed E-state index contributed by atoms with van der Waals surface area (Å²) in [5.74, 6) is 0.288. The molecule has 3 N–H and O–H groups in total. The molecule has 1 aromatic carbocycles. The number of carbonyl (C=O) groups excluding carboxylic acids is 1. The number of ether oxygens (including phenoxy) is 1. The Kier molecular flexibility index (Phi) is 5.82. The largest absolute Gasteiger partial charge is 0.379 e. The summed E-state index contributed by atoms with van der Waals surface area (Å²) >= 11 is 0. The molecule has 0 spiro atoms. The Morgan fingerprint density at radius 1 is 1.33 bits per heavy atom. The average molecular weight is 250 g/mol. The normalized spacial score (nSPS) is 12.5. The highest BCUT2D eigenvalue weighted by molar-refractivity contribution is 5.94. The number of nitrogens with one attached hydrogen (secondary N) is 1. The molecule has 0 heterocycles. The first-order valence-corrected chi connectivity index (χ1v) is 6.18. The van der Waals surface area contributed by atoms with Gasteiger partial charge in [0, 0.05) is 25.8 Å². The Labute approximate surface area is 109 Å². The first kappa shape index (κ1) is 14.7. The van der Waals surface area contributed by atoms with E-state index >= 15 is 0 Å². The number of nitrogens with two attached hydrogens (primary N) is 1. The van der Waals surface area contributed by atoms with Crippen molar-refractivity contribution in [2.75, 3.05) is 13.7 Å². The minimum absolute atomic E-state index is 0.0391. The average Bonchev–Trinajstić information content (AvgIpc) is 2.39. The molecule has 0 bridgehead atoms. The molecule has 100 valence electrons. The van der Waals surface area contributed by atoms with Gasteiger partial charge in [0.2, 0.25) is 0 Å². The fourth-order valence-electron chi connectivity index (χ4n) is 1.68. The highest BCUT2D eigenvalue weighted by Gasteiger charge is 2.14. The van der Waals surface area contributed by atoms with Crippen molar-refractivity contribution >= 4 is 5.91 Å². The quantitative estimate of drug-likeness (QED) is 0.805. The Hall–Kier alpha value is -1.39. The van der Waals surface area contributed by atoms with Gasteiger partial charge < -0.3 is 15.8 Å². The molecule has 4 nitrogen and oxygen atoms in total. The van der Waals surface area contributed by atoms with Crippen LogP contribution in [-0.4, -0.2) is 25.7 Å². The summed E-state index contributed by atoms with van der Waals surface area (Å²) in [6.07, 6.45) is 0.0391. The molecule has 0 saturated carbocycles. The molecule has 1 aromatic rings. The SMILES string of the molecule is COC(CNC(=O)c1ccc(CN)cc1)C(C)C. The monoisotopic (exact) mass is 250 g/mol. The first-order chi connectivity index (χ1) is 8.58. The molecular weight excluding hydrogens is 228 g/mol. The minimum atomic E-state index is -0.0822. The van der Waals surface area contributed by atoms with E-state index in [-0.39, 0.29) is 12.0 Å². The molecule has 1 unspecified atom stereocenters. The zero-order valence-electron chi connectivity index (χ0n) is 11.3. The van der Waals surface area contributed by atoms with Gasteiger partial charge in [-0.15, -0.1) is 0 Å². The van der Waals surface area contributed by atoms with Crippen LogP contribution in [0.1, 0.15) is 29.8 Å². The van der Waals surface area contributed by atoms with E-state index in [9.17, 15) is 4.79 Å². The molecule has 0 aliphatic carbocycles. The molecule has 0 fully saturated rings. The molecular formula is C14H22N2O2. The molecule has 0 radical (unpaired) electrons. The van der Waals surface area contributed by atoms with Crippen LogP contribution in [0.25, 0.3) is 0 Å². The van der Waals surface area contributed by atoms with Crippen molar-refractivity contribution in [1.82, 2.24) is 5.32 Å². The maximum absolute atomic E-state index is 11.9. The maximum Gasteiger partial charge on any atom is 0.251 e. The van der Waals surface area contributed by atoms with E-state index in [0.717, 1.165) is 5.56 Å². The summed E-state index contributed by atoms with van der Waals surface area (Å²) in [7, 11) is 1.66. The fourth-order valence-corrected chi connectivity index (χ4v) is 1.68. The number of benzene rings is 1. The third-order valence-corrected chi connectivity index (χ3v) is 2.96. The Morgan fingerprint density at radius 3 is 2.39 bits per heavy atom. The number of hydrogen-bond acceptors (Lipinski definition) is 3. The van der Waals surface area contributed by atoms with Crippen molar-refractivity contribution < 1.29 is 9.53 Å². The summed E-state index contributed by atoms with van der Waals surface area (Å²) in [5.41, 5.74) is 7.17. The molecule has 1 atom stereocenters. The molecule has 0 aromatic heterocycles. The highest BCUT2D eigenvalue weighted by Crippen LogP contribution is 2.06. The second-order valence-electron chi connectivity index (χ2n) is 4.63. The van der Waals surface area contributed by atoms with Crippen molar-refractivity contribution in [2.24, 2.45) is 11.7 Å². The third-order valence-electron chi connectivity index (χ3n) is 2.96. The van der Waals surface area contributed by atoms with Crippen molar-refractivity contribution in [3.8, 4) is 0 Å². The summed E-state index contributed by atoms with van der Waals surface area (Å²) in [5, 5.41) is 2.87. The lowest BCUT2D eigenvalue weighted by Gasteiger charge is -2.19. The molecule has 0 saturated heterocycles. The summed E-state index contributed by atoms with van der Waals surface area (Å²) in [6.45, 7) is 5.14. The number of carbonyl (C=O) groups is 1. The van der Waals surface area contributed by atoms with Gasteiger partial charge in [0.1, 0.15) is 0 Å². The van der Waals surface area contributed by atoms with E-state index in [4.69, 9.17) is 10.5 Å². The lowest BCUT2D eigenvalue weighted by Crippen LogP contribution is -2.35. The summed E-state index contributed by atoms with van der Waals surface area (Å²) in [4.78, 5) is 11.9. The zero-order valence-corrected chi connectivity index (χ0v) is 11.3. The minimum Gasteiger partial charge on any atom is -0.379 e. The van der Waals surface area contributed by atoms with Crippen LogP contribution in [0.15, 0.2) is 24.3 Å². The van der Waals surface area contributed by atoms with Gasteiger partial charge in [0.25, 0.3) is 5.91 Å². The number of hydrogen-bond donors (Lipinski definition) is 2. The lowest BCUT2D eigenvalue weighted by molar-refractivity contribution is 0.0605. The predicted octanol–water partition coefficient (Wildman–Crippen LogP) is 1.55. The van der Waals surface area contributed by atoms with Gasteiger partial charge in [0.05, 0.1) is 6.10 Å². The van der Waals surface area contributed by atoms with Crippen LogP contribution in [0.3, 0.4) is 0 Å². The summed E-state index contributed by atoms with van der Waals surface area (Å²) < 4.78 is 5.30. The van der Waals surface area contributed by atoms with Gasteiger partial charge >= 0.3 is 0 Å². The van der Waals surface area contributed by atoms with E-state index < -0.39 is 0 Å². The second-order valence-corrected chi connectivity index (χ2v) is 4.63. The van der Waals surface area contributed by atoms with E-state index in [1.807, 2.05) is 12.1 Å². The van der Waals surface area contributed by atoms with Gasteiger partial charge in [-0.3, -0.25) is 4.79 Å². The van der Waals surface area contributed by atoms with Crippen LogP contribution >= 0.6 is 0 Å². The van der Waals surface area contributed by atoms with Crippen LogP contribution < -0.4 is 11.1 Å².